The minimum absolute atomic E-state index is 0.0614. The van der Waals surface area contributed by atoms with Crippen molar-refractivity contribution in [2.24, 2.45) is 0 Å². The van der Waals surface area contributed by atoms with E-state index in [1.165, 1.54) is 6.92 Å². The lowest BCUT2D eigenvalue weighted by Gasteiger charge is -2.01. The van der Waals surface area contributed by atoms with Gasteiger partial charge in [-0.25, -0.2) is 0 Å². The zero-order valence-electron chi connectivity index (χ0n) is 9.99. The maximum Gasteiger partial charge on any atom is 0.269 e. The van der Waals surface area contributed by atoms with Crippen molar-refractivity contribution in [3.63, 3.8) is 0 Å². The van der Waals surface area contributed by atoms with Crippen molar-refractivity contribution in [3.05, 3.63) is 30.1 Å². The van der Waals surface area contributed by atoms with Crippen molar-refractivity contribution in [2.75, 3.05) is 6.54 Å². The van der Waals surface area contributed by atoms with Gasteiger partial charge in [-0.05, 0) is 19.1 Å². The Balaban J connectivity index is 0.00000106. The van der Waals surface area contributed by atoms with Crippen LogP contribution in [0.25, 0.3) is 0 Å². The largest absolute Gasteiger partial charge is 0.350 e. The molecule has 0 radical (unpaired) electrons. The minimum atomic E-state index is -0.244. The summed E-state index contributed by atoms with van der Waals surface area (Å²) in [4.78, 5) is 25.8. The molecule has 0 unspecified atom stereocenters. The third kappa shape index (κ3) is 5.90. The Bertz CT molecular complexity index is 323. The summed E-state index contributed by atoms with van der Waals surface area (Å²) in [6.45, 7) is 5.86. The second-order valence-corrected chi connectivity index (χ2v) is 2.92. The van der Waals surface area contributed by atoms with Crippen LogP contribution in [-0.2, 0) is 4.79 Å². The zero-order chi connectivity index (χ0) is 12.4. The molecule has 1 amide bonds. The molecule has 16 heavy (non-hydrogen) atoms. The van der Waals surface area contributed by atoms with E-state index in [0.717, 1.165) is 0 Å². The molecule has 1 rings (SSSR count). The van der Waals surface area contributed by atoms with Gasteiger partial charge in [0.2, 0.25) is 0 Å². The summed E-state index contributed by atoms with van der Waals surface area (Å²) in [5, 5.41) is 2.61. The molecule has 1 aromatic rings. The quantitative estimate of drug-likeness (QED) is 0.845. The van der Waals surface area contributed by atoms with Crippen molar-refractivity contribution in [1.29, 1.82) is 0 Å². The van der Waals surface area contributed by atoms with Crippen molar-refractivity contribution in [3.8, 4) is 0 Å². The minimum Gasteiger partial charge on any atom is -0.350 e. The number of hydrogen-bond acceptors (Lipinski definition) is 3. The highest BCUT2D eigenvalue weighted by molar-refractivity contribution is 5.92. The van der Waals surface area contributed by atoms with Crippen LogP contribution >= 0.6 is 0 Å². The van der Waals surface area contributed by atoms with Crippen LogP contribution in [0, 0.1) is 0 Å². The van der Waals surface area contributed by atoms with Gasteiger partial charge in [-0.3, -0.25) is 14.6 Å². The smallest absolute Gasteiger partial charge is 0.269 e. The fraction of sp³-hybridized carbons (Fsp3) is 0.417. The lowest BCUT2D eigenvalue weighted by molar-refractivity contribution is -0.116. The van der Waals surface area contributed by atoms with Crippen LogP contribution in [0.15, 0.2) is 24.4 Å². The number of Topliss-reactive ketones (excluding diaryl/α,β-unsaturated/α-hetero) is 1. The van der Waals surface area contributed by atoms with Crippen molar-refractivity contribution < 1.29 is 9.59 Å². The number of rotatable bonds is 4. The summed E-state index contributed by atoms with van der Waals surface area (Å²) < 4.78 is 0. The summed E-state index contributed by atoms with van der Waals surface area (Å²) in [6, 6.07) is 5.11. The molecular weight excluding hydrogens is 204 g/mol. The molecule has 0 spiro atoms. The van der Waals surface area contributed by atoms with Crippen molar-refractivity contribution >= 4 is 11.7 Å². The van der Waals surface area contributed by atoms with Gasteiger partial charge >= 0.3 is 0 Å². The molecule has 0 aliphatic rings. The topological polar surface area (TPSA) is 59.1 Å². The van der Waals surface area contributed by atoms with Crippen LogP contribution in [0.3, 0.4) is 0 Å². The average molecular weight is 222 g/mol. The fourth-order valence-corrected chi connectivity index (χ4v) is 0.940. The maximum atomic E-state index is 11.3. The molecule has 1 N–H and O–H groups in total. The van der Waals surface area contributed by atoms with Crippen LogP contribution in [-0.4, -0.2) is 23.2 Å². The second kappa shape index (κ2) is 8.59. The first kappa shape index (κ1) is 14.3. The van der Waals surface area contributed by atoms with Crippen LogP contribution in [0.2, 0.25) is 0 Å². The lowest BCUT2D eigenvalue weighted by atomic mass is 10.3. The molecule has 4 nitrogen and oxygen atoms in total. The Kier molecular flexibility index (Phi) is 7.67. The molecule has 4 heteroatoms. The molecule has 0 fully saturated rings. The van der Waals surface area contributed by atoms with Crippen LogP contribution in [0.5, 0.6) is 0 Å². The van der Waals surface area contributed by atoms with E-state index in [0.29, 0.717) is 18.7 Å². The number of ketones is 1. The summed E-state index contributed by atoms with van der Waals surface area (Å²) in [5.41, 5.74) is 0.371. The normalized spacial score (nSPS) is 8.69. The molecule has 1 aromatic heterocycles. The Morgan fingerprint density at radius 2 is 2.00 bits per heavy atom. The third-order valence-corrected chi connectivity index (χ3v) is 1.66. The Hall–Kier alpha value is -1.71. The van der Waals surface area contributed by atoms with E-state index in [2.05, 4.69) is 10.3 Å². The van der Waals surface area contributed by atoms with Gasteiger partial charge in [0, 0.05) is 19.2 Å². The molecule has 0 bridgehead atoms. The number of carbonyl (C=O) groups excluding carboxylic acids is 2. The van der Waals surface area contributed by atoms with E-state index < -0.39 is 0 Å². The van der Waals surface area contributed by atoms with E-state index >= 15 is 0 Å². The summed E-state index contributed by atoms with van der Waals surface area (Å²) >= 11 is 0. The number of nitrogens with zero attached hydrogens (tertiary/aromatic N) is 1. The Morgan fingerprint density at radius 3 is 2.50 bits per heavy atom. The predicted octanol–water partition coefficient (Wildman–Crippen LogP) is 1.82. The maximum absolute atomic E-state index is 11.3. The summed E-state index contributed by atoms with van der Waals surface area (Å²) in [6.07, 6.45) is 1.92. The number of nitrogens with one attached hydrogen (secondary N) is 1. The molecule has 0 saturated carbocycles. The van der Waals surface area contributed by atoms with Gasteiger partial charge < -0.3 is 5.32 Å². The first-order chi connectivity index (χ1) is 7.70. The molecule has 88 valence electrons. The predicted molar refractivity (Wildman–Crippen MR) is 63.2 cm³/mol. The van der Waals surface area contributed by atoms with E-state index in [9.17, 15) is 9.59 Å². The van der Waals surface area contributed by atoms with Gasteiger partial charge in [0.15, 0.2) is 0 Å². The molecule has 0 aliphatic heterocycles. The van der Waals surface area contributed by atoms with Gasteiger partial charge in [-0.1, -0.05) is 19.9 Å². The number of amides is 1. The molecule has 0 atom stereocenters. The molecule has 0 aliphatic carbocycles. The monoisotopic (exact) mass is 222 g/mol. The van der Waals surface area contributed by atoms with Gasteiger partial charge in [0.25, 0.3) is 5.91 Å². The van der Waals surface area contributed by atoms with Crippen molar-refractivity contribution in [2.45, 2.75) is 27.2 Å². The van der Waals surface area contributed by atoms with Crippen LogP contribution < -0.4 is 5.32 Å². The van der Waals surface area contributed by atoms with Crippen molar-refractivity contribution in [1.82, 2.24) is 10.3 Å². The van der Waals surface area contributed by atoms with E-state index in [4.69, 9.17) is 0 Å². The summed E-state index contributed by atoms with van der Waals surface area (Å²) in [7, 11) is 0. The lowest BCUT2D eigenvalue weighted by Crippen LogP contribution is -2.26. The van der Waals surface area contributed by atoms with E-state index in [1.807, 2.05) is 13.8 Å². The number of hydrogen-bond donors (Lipinski definition) is 1. The fourth-order valence-electron chi connectivity index (χ4n) is 0.940. The third-order valence-electron chi connectivity index (χ3n) is 1.66. The van der Waals surface area contributed by atoms with Gasteiger partial charge in [0.05, 0.1) is 0 Å². The molecule has 0 aromatic carbocycles. The molecule has 1 heterocycles. The van der Waals surface area contributed by atoms with Gasteiger partial charge in [-0.2, -0.15) is 0 Å². The Morgan fingerprint density at radius 1 is 1.31 bits per heavy atom. The highest BCUT2D eigenvalue weighted by atomic mass is 16.2. The average Bonchev–Trinajstić information content (AvgIpc) is 2.32. The van der Waals surface area contributed by atoms with E-state index in [1.54, 1.807) is 24.4 Å². The molecule has 0 saturated heterocycles. The highest BCUT2D eigenvalue weighted by Gasteiger charge is 2.04. The standard InChI is InChI=1S/C10H12N2O2.C2H6/c1-8(13)5-7-12-10(14)9-4-2-3-6-11-9;1-2/h2-4,6H,5,7H2,1H3,(H,12,14);1-2H3. The first-order valence-corrected chi connectivity index (χ1v) is 5.39. The van der Waals surface area contributed by atoms with Crippen LogP contribution in [0.1, 0.15) is 37.7 Å². The number of carbonyl (C=O) groups is 2. The number of aromatic nitrogens is 1. The van der Waals surface area contributed by atoms with E-state index in [-0.39, 0.29) is 11.7 Å². The Labute approximate surface area is 96.1 Å². The molecular formula is C12H18N2O2. The number of pyridine rings is 1. The zero-order valence-corrected chi connectivity index (χ0v) is 9.99. The highest BCUT2D eigenvalue weighted by Crippen LogP contribution is 1.92. The van der Waals surface area contributed by atoms with Gasteiger partial charge in [0.1, 0.15) is 11.5 Å². The summed E-state index contributed by atoms with van der Waals surface area (Å²) in [5.74, 6) is -0.182. The van der Waals surface area contributed by atoms with Gasteiger partial charge in [-0.15, -0.1) is 0 Å². The second-order valence-electron chi connectivity index (χ2n) is 2.92. The van der Waals surface area contributed by atoms with Crippen LogP contribution in [0.4, 0.5) is 0 Å². The first-order valence-electron chi connectivity index (χ1n) is 5.39. The SMILES string of the molecule is CC.CC(=O)CCNC(=O)c1ccccn1.